The number of ether oxygens (including phenoxy) is 1. The molecule has 3 aliphatic rings. The monoisotopic (exact) mass is 664 g/mol. The topological polar surface area (TPSA) is 17.4 Å². The lowest BCUT2D eigenvalue weighted by Gasteiger charge is -2.45. The van der Waals surface area contributed by atoms with Crippen LogP contribution in [0.15, 0.2) is 146 Å². The highest BCUT2D eigenvalue weighted by molar-refractivity contribution is 6.18. The van der Waals surface area contributed by atoms with Crippen molar-refractivity contribution in [3.05, 3.63) is 157 Å². The second kappa shape index (κ2) is 12.8. The highest BCUT2D eigenvalue weighted by Crippen LogP contribution is 2.49. The first kappa shape index (κ1) is 30.5. The number of anilines is 1. The van der Waals surface area contributed by atoms with E-state index in [9.17, 15) is 0 Å². The van der Waals surface area contributed by atoms with Crippen LogP contribution in [0.3, 0.4) is 0 Å². The Morgan fingerprint density at radius 3 is 1.71 bits per heavy atom. The van der Waals surface area contributed by atoms with E-state index in [2.05, 4.69) is 155 Å². The SMILES string of the molecule is c1ccc(C2CCC(N(c3ccc(-c4ccc5c6c4c4ccccc4n6-c4ccccc4O5)cc3)C3CCC(c4ccccc4)CC3)CC2)cc1. The van der Waals surface area contributed by atoms with E-state index in [4.69, 9.17) is 4.74 Å². The predicted molar refractivity (Wildman–Crippen MR) is 212 cm³/mol. The van der Waals surface area contributed by atoms with Gasteiger partial charge < -0.3 is 14.2 Å². The van der Waals surface area contributed by atoms with Crippen LogP contribution in [0.2, 0.25) is 0 Å². The van der Waals surface area contributed by atoms with Gasteiger partial charge in [0.2, 0.25) is 0 Å². The van der Waals surface area contributed by atoms with Crippen molar-refractivity contribution in [2.24, 2.45) is 0 Å². The Hall–Kier alpha value is -5.28. The van der Waals surface area contributed by atoms with Crippen LogP contribution in [0.4, 0.5) is 5.69 Å². The van der Waals surface area contributed by atoms with Crippen molar-refractivity contribution in [3.8, 4) is 28.3 Å². The van der Waals surface area contributed by atoms with Crippen molar-refractivity contribution in [1.29, 1.82) is 0 Å². The van der Waals surface area contributed by atoms with E-state index in [0.29, 0.717) is 23.9 Å². The second-order valence-corrected chi connectivity index (χ2v) is 15.0. The van der Waals surface area contributed by atoms with Gasteiger partial charge in [0, 0.05) is 28.5 Å². The van der Waals surface area contributed by atoms with Crippen LogP contribution >= 0.6 is 0 Å². The molecule has 0 bridgehead atoms. The van der Waals surface area contributed by atoms with Crippen molar-refractivity contribution in [2.75, 3.05) is 4.90 Å². The average Bonchev–Trinajstić information content (AvgIpc) is 3.56. The molecule has 10 rings (SSSR count). The van der Waals surface area contributed by atoms with Gasteiger partial charge in [-0.25, -0.2) is 0 Å². The van der Waals surface area contributed by atoms with Gasteiger partial charge in [-0.15, -0.1) is 0 Å². The normalized spacial score (nSPS) is 21.3. The van der Waals surface area contributed by atoms with E-state index in [0.717, 1.165) is 22.7 Å². The lowest BCUT2D eigenvalue weighted by Crippen LogP contribution is -2.46. The van der Waals surface area contributed by atoms with Crippen LogP contribution < -0.4 is 9.64 Å². The molecule has 2 saturated carbocycles. The molecule has 252 valence electrons. The minimum atomic E-state index is 0.577. The van der Waals surface area contributed by atoms with Gasteiger partial charge in [-0.3, -0.25) is 0 Å². The van der Waals surface area contributed by atoms with Crippen molar-refractivity contribution in [3.63, 3.8) is 0 Å². The maximum atomic E-state index is 6.50. The standard InChI is InChI=1S/C48H44N2O/c1-3-11-33(12-4-1)35-19-25-38(26-20-35)49(39-27-21-36(22-28-39)34-13-5-2-6-14-34)40-29-23-37(24-30-40)41-31-32-46-48-47(41)42-15-7-8-16-43(42)50(48)44-17-9-10-18-45(44)51-46/h1-18,23-24,29-32,35-36,38-39H,19-22,25-28H2. The largest absolute Gasteiger partial charge is 0.453 e. The second-order valence-electron chi connectivity index (χ2n) is 15.0. The van der Waals surface area contributed by atoms with Gasteiger partial charge in [0.25, 0.3) is 0 Å². The average molecular weight is 665 g/mol. The van der Waals surface area contributed by atoms with E-state index in [1.807, 2.05) is 0 Å². The summed E-state index contributed by atoms with van der Waals surface area (Å²) in [6.45, 7) is 0. The molecule has 7 aromatic rings. The summed E-state index contributed by atoms with van der Waals surface area (Å²) in [6.07, 6.45) is 10.1. The molecule has 51 heavy (non-hydrogen) atoms. The first-order valence-corrected chi connectivity index (χ1v) is 19.1. The molecule has 3 nitrogen and oxygen atoms in total. The highest BCUT2D eigenvalue weighted by Gasteiger charge is 2.34. The molecule has 0 amide bonds. The van der Waals surface area contributed by atoms with Crippen LogP contribution in [0.1, 0.15) is 74.3 Å². The molecule has 1 aliphatic heterocycles. The third-order valence-electron chi connectivity index (χ3n) is 12.3. The van der Waals surface area contributed by atoms with Crippen molar-refractivity contribution in [1.82, 2.24) is 4.57 Å². The molecule has 0 radical (unpaired) electrons. The molecule has 0 atom stereocenters. The number of aromatic nitrogens is 1. The minimum absolute atomic E-state index is 0.577. The zero-order chi connectivity index (χ0) is 33.7. The number of fused-ring (bicyclic) bond motifs is 5. The number of rotatable bonds is 6. The molecular formula is C48H44N2O. The van der Waals surface area contributed by atoms with Crippen LogP contribution in [0.5, 0.6) is 11.5 Å². The molecule has 2 fully saturated rings. The molecule has 3 heteroatoms. The summed E-state index contributed by atoms with van der Waals surface area (Å²) in [5, 5.41) is 2.53. The Balaban J connectivity index is 0.997. The lowest BCUT2D eigenvalue weighted by atomic mass is 9.78. The maximum Gasteiger partial charge on any atom is 0.152 e. The third-order valence-corrected chi connectivity index (χ3v) is 12.3. The molecular weight excluding hydrogens is 621 g/mol. The zero-order valence-corrected chi connectivity index (χ0v) is 29.1. The van der Waals surface area contributed by atoms with Crippen LogP contribution in [-0.4, -0.2) is 16.7 Å². The number of benzene rings is 6. The molecule has 2 aliphatic carbocycles. The van der Waals surface area contributed by atoms with E-state index in [1.54, 1.807) is 0 Å². The number of hydrogen-bond acceptors (Lipinski definition) is 2. The van der Waals surface area contributed by atoms with Gasteiger partial charge >= 0.3 is 0 Å². The summed E-state index contributed by atoms with van der Waals surface area (Å²) in [5.74, 6) is 3.18. The van der Waals surface area contributed by atoms with E-state index < -0.39 is 0 Å². The van der Waals surface area contributed by atoms with Gasteiger partial charge in [-0.2, -0.15) is 0 Å². The smallest absolute Gasteiger partial charge is 0.152 e. The Bertz CT molecular complexity index is 2250. The van der Waals surface area contributed by atoms with Gasteiger partial charge in [0.05, 0.1) is 16.7 Å². The number of para-hydroxylation sites is 3. The maximum absolute atomic E-state index is 6.50. The zero-order valence-electron chi connectivity index (χ0n) is 29.1. The Labute approximate surface area is 301 Å². The van der Waals surface area contributed by atoms with Crippen molar-refractivity contribution in [2.45, 2.75) is 75.3 Å². The summed E-state index contributed by atoms with van der Waals surface area (Å²) >= 11 is 0. The summed E-state index contributed by atoms with van der Waals surface area (Å²) < 4.78 is 8.90. The molecule has 0 N–H and O–H groups in total. The molecule has 1 aromatic heterocycles. The Morgan fingerprint density at radius 1 is 0.490 bits per heavy atom. The third kappa shape index (κ3) is 5.33. The fourth-order valence-electron chi connectivity index (χ4n) is 9.84. The van der Waals surface area contributed by atoms with Crippen LogP contribution in [0.25, 0.3) is 38.6 Å². The lowest BCUT2D eigenvalue weighted by molar-refractivity contribution is 0.310. The van der Waals surface area contributed by atoms with Crippen LogP contribution in [-0.2, 0) is 0 Å². The number of hydrogen-bond donors (Lipinski definition) is 0. The summed E-state index contributed by atoms with van der Waals surface area (Å²) in [6, 6.07) is 54.9. The first-order valence-electron chi connectivity index (χ1n) is 19.1. The summed E-state index contributed by atoms with van der Waals surface area (Å²) in [7, 11) is 0. The van der Waals surface area contributed by atoms with Crippen LogP contribution in [0, 0.1) is 0 Å². The van der Waals surface area contributed by atoms with E-state index in [1.165, 1.54) is 95.6 Å². The minimum Gasteiger partial charge on any atom is -0.453 e. The molecule has 0 spiro atoms. The highest BCUT2D eigenvalue weighted by atomic mass is 16.5. The fourth-order valence-corrected chi connectivity index (χ4v) is 9.84. The summed E-state index contributed by atoms with van der Waals surface area (Å²) in [4.78, 5) is 2.87. The van der Waals surface area contributed by atoms with E-state index >= 15 is 0 Å². The Kier molecular flexibility index (Phi) is 7.66. The van der Waals surface area contributed by atoms with Gasteiger partial charge in [-0.05, 0) is 128 Å². The quantitative estimate of drug-likeness (QED) is 0.176. The van der Waals surface area contributed by atoms with E-state index in [-0.39, 0.29) is 0 Å². The Morgan fingerprint density at radius 2 is 1.06 bits per heavy atom. The van der Waals surface area contributed by atoms with Gasteiger partial charge in [0.15, 0.2) is 11.5 Å². The van der Waals surface area contributed by atoms with Crippen molar-refractivity contribution < 1.29 is 4.74 Å². The number of nitrogens with zero attached hydrogens (tertiary/aromatic N) is 2. The molecule has 0 saturated heterocycles. The molecule has 0 unspecified atom stereocenters. The first-order chi connectivity index (χ1) is 25.3. The van der Waals surface area contributed by atoms with Gasteiger partial charge in [-0.1, -0.05) is 103 Å². The fraction of sp³-hybridized carbons (Fsp3) is 0.250. The van der Waals surface area contributed by atoms with Crippen molar-refractivity contribution >= 4 is 27.5 Å². The predicted octanol–water partition coefficient (Wildman–Crippen LogP) is 12.8. The molecule has 6 aromatic carbocycles. The molecule has 2 heterocycles. The summed E-state index contributed by atoms with van der Waals surface area (Å²) in [5.41, 5.74) is 10.4. The van der Waals surface area contributed by atoms with Gasteiger partial charge in [0.1, 0.15) is 0 Å².